The quantitative estimate of drug-likeness (QED) is 0.283. The first kappa shape index (κ1) is 26.8. The zero-order valence-electron chi connectivity index (χ0n) is 23.0. The Hall–Kier alpha value is -2.83. The van der Waals surface area contributed by atoms with Crippen molar-refractivity contribution in [3.8, 4) is 5.75 Å². The Morgan fingerprint density at radius 3 is 2.16 bits per heavy atom. The predicted molar refractivity (Wildman–Crippen MR) is 163 cm³/mol. The molecule has 0 radical (unpaired) electrons. The zero-order valence-corrected chi connectivity index (χ0v) is 24.0. The average molecular weight is 524 g/mol. The van der Waals surface area contributed by atoms with Crippen LogP contribution >= 0.6 is 8.58 Å². The molecule has 198 valence electrons. The van der Waals surface area contributed by atoms with Crippen LogP contribution in [0.5, 0.6) is 5.75 Å². The van der Waals surface area contributed by atoms with E-state index in [0.29, 0.717) is 14.3 Å². The van der Waals surface area contributed by atoms with E-state index in [9.17, 15) is 5.11 Å². The maximum absolute atomic E-state index is 11.8. The first-order valence-electron chi connectivity index (χ1n) is 14.4. The standard InChI is InChI=1S/C35H42NOP/c1-3-35(2,38-33-20-12-11-19-32(33)36-21-13-6-14-22-36)31-26-29(23-27-15-7-4-8-16-27)25-30(34(31)37)24-28-17-9-5-10-18-28/h4-5,7-10,12,15-18,20,25-26,37-38H,3,6,11,13-14,19,21-24H2,1-2H3. The van der Waals surface area contributed by atoms with Crippen LogP contribution < -0.4 is 0 Å². The highest BCUT2D eigenvalue weighted by Gasteiger charge is 2.32. The van der Waals surface area contributed by atoms with E-state index in [1.165, 1.54) is 54.4 Å². The lowest BCUT2D eigenvalue weighted by atomic mass is 9.89. The van der Waals surface area contributed by atoms with Crippen LogP contribution in [0.25, 0.3) is 0 Å². The van der Waals surface area contributed by atoms with Crippen LogP contribution in [0.4, 0.5) is 0 Å². The van der Waals surface area contributed by atoms with E-state index in [0.717, 1.165) is 43.2 Å². The van der Waals surface area contributed by atoms with E-state index < -0.39 is 0 Å². The number of nitrogens with zero attached hydrogens (tertiary/aromatic N) is 1. The predicted octanol–water partition coefficient (Wildman–Crippen LogP) is 8.93. The summed E-state index contributed by atoms with van der Waals surface area (Å²) in [5.41, 5.74) is 7.53. The highest BCUT2D eigenvalue weighted by atomic mass is 31.1. The molecule has 0 bridgehead atoms. The zero-order chi connectivity index (χ0) is 26.4. The fourth-order valence-corrected chi connectivity index (χ4v) is 7.69. The number of phenolic OH excluding ortho intramolecular Hbond substituents is 1. The number of aromatic hydroxyl groups is 1. The smallest absolute Gasteiger partial charge is 0.123 e. The van der Waals surface area contributed by atoms with Gasteiger partial charge in [0.15, 0.2) is 0 Å². The van der Waals surface area contributed by atoms with Gasteiger partial charge in [0, 0.05) is 35.9 Å². The SMILES string of the molecule is CCC(C)(PC1=C(N2CCCCC2)CCC=C1)c1cc(Cc2ccccc2)cc(Cc2ccccc2)c1O. The van der Waals surface area contributed by atoms with Crippen LogP contribution in [-0.4, -0.2) is 23.1 Å². The van der Waals surface area contributed by atoms with Gasteiger partial charge < -0.3 is 10.0 Å². The Labute approximate surface area is 231 Å². The van der Waals surface area contributed by atoms with Gasteiger partial charge in [0.1, 0.15) is 5.75 Å². The molecule has 0 spiro atoms. The summed E-state index contributed by atoms with van der Waals surface area (Å²) in [5.74, 6) is 0.488. The normalized spacial score (nSPS) is 17.8. The van der Waals surface area contributed by atoms with Gasteiger partial charge >= 0.3 is 0 Å². The highest BCUT2D eigenvalue weighted by molar-refractivity contribution is 7.44. The molecule has 0 saturated carbocycles. The lowest BCUT2D eigenvalue weighted by Gasteiger charge is -2.37. The van der Waals surface area contributed by atoms with Crippen molar-refractivity contribution in [2.45, 2.75) is 70.4 Å². The number of hydrogen-bond donors (Lipinski definition) is 1. The summed E-state index contributed by atoms with van der Waals surface area (Å²) in [6.07, 6.45) is 13.6. The maximum atomic E-state index is 11.8. The van der Waals surface area contributed by atoms with Gasteiger partial charge in [-0.15, -0.1) is 0 Å². The van der Waals surface area contributed by atoms with E-state index in [-0.39, 0.29) is 5.16 Å². The lowest BCUT2D eigenvalue weighted by Crippen LogP contribution is -2.30. The number of rotatable bonds is 9. The fourth-order valence-electron chi connectivity index (χ4n) is 5.97. The number of benzene rings is 3. The van der Waals surface area contributed by atoms with Crippen molar-refractivity contribution in [1.82, 2.24) is 4.90 Å². The molecule has 0 amide bonds. The van der Waals surface area contributed by atoms with Crippen molar-refractivity contribution in [2.75, 3.05) is 13.1 Å². The molecule has 3 aromatic rings. The van der Waals surface area contributed by atoms with Gasteiger partial charge in [0.05, 0.1) is 0 Å². The average Bonchev–Trinajstić information content (AvgIpc) is 2.96. The Balaban J connectivity index is 1.55. The second kappa shape index (κ2) is 12.4. The van der Waals surface area contributed by atoms with E-state index >= 15 is 0 Å². The van der Waals surface area contributed by atoms with Crippen molar-refractivity contribution >= 4 is 8.58 Å². The second-order valence-corrected chi connectivity index (χ2v) is 13.0. The Morgan fingerprint density at radius 2 is 1.50 bits per heavy atom. The van der Waals surface area contributed by atoms with Gasteiger partial charge in [-0.05, 0) is 72.5 Å². The lowest BCUT2D eigenvalue weighted by molar-refractivity contribution is 0.275. The minimum atomic E-state index is -0.125. The number of piperidine rings is 1. The molecule has 2 aliphatic rings. The molecule has 38 heavy (non-hydrogen) atoms. The molecule has 3 heteroatoms. The Bertz CT molecular complexity index is 1270. The molecule has 1 aliphatic carbocycles. The summed E-state index contributed by atoms with van der Waals surface area (Å²) >= 11 is 0. The monoisotopic (exact) mass is 523 g/mol. The third-order valence-electron chi connectivity index (χ3n) is 8.33. The van der Waals surface area contributed by atoms with Gasteiger partial charge in [-0.1, -0.05) is 107 Å². The molecule has 1 heterocycles. The van der Waals surface area contributed by atoms with Gasteiger partial charge in [-0.2, -0.15) is 0 Å². The molecule has 1 fully saturated rings. The summed E-state index contributed by atoms with van der Waals surface area (Å²) in [5, 5.41) is 13.2. The van der Waals surface area contributed by atoms with Crippen LogP contribution in [0.15, 0.2) is 96.0 Å². The van der Waals surface area contributed by atoms with E-state index in [1.807, 2.05) is 0 Å². The summed E-state index contributed by atoms with van der Waals surface area (Å²) in [7, 11) is 0.624. The fraction of sp³-hybridized carbons (Fsp3) is 0.371. The molecule has 2 atom stereocenters. The first-order chi connectivity index (χ1) is 18.6. The number of phenols is 1. The molecular weight excluding hydrogens is 481 g/mol. The summed E-state index contributed by atoms with van der Waals surface area (Å²) in [6.45, 7) is 7.06. The number of likely N-dealkylation sites (tertiary alicyclic amines) is 1. The van der Waals surface area contributed by atoms with Gasteiger partial charge in [0.25, 0.3) is 0 Å². The van der Waals surface area contributed by atoms with E-state index in [4.69, 9.17) is 0 Å². The molecule has 0 aromatic heterocycles. The Kier molecular flexibility index (Phi) is 8.70. The number of allylic oxidation sites excluding steroid dienone is 4. The van der Waals surface area contributed by atoms with Crippen molar-refractivity contribution in [3.63, 3.8) is 0 Å². The number of hydrogen-bond acceptors (Lipinski definition) is 2. The van der Waals surface area contributed by atoms with Crippen molar-refractivity contribution in [3.05, 3.63) is 124 Å². The van der Waals surface area contributed by atoms with Crippen molar-refractivity contribution < 1.29 is 5.11 Å². The third-order valence-corrected chi connectivity index (χ3v) is 10.2. The van der Waals surface area contributed by atoms with Crippen LogP contribution in [0.3, 0.4) is 0 Å². The minimum absolute atomic E-state index is 0.125. The summed E-state index contributed by atoms with van der Waals surface area (Å²) in [4.78, 5) is 2.66. The maximum Gasteiger partial charge on any atom is 0.123 e. The van der Waals surface area contributed by atoms with Gasteiger partial charge in [0.2, 0.25) is 0 Å². The molecule has 1 aliphatic heterocycles. The molecule has 2 unspecified atom stereocenters. The van der Waals surface area contributed by atoms with Gasteiger partial charge in [-0.25, -0.2) is 0 Å². The highest BCUT2D eigenvalue weighted by Crippen LogP contribution is 2.54. The molecule has 1 N–H and O–H groups in total. The van der Waals surface area contributed by atoms with E-state index in [1.54, 1.807) is 5.70 Å². The third kappa shape index (κ3) is 6.24. The van der Waals surface area contributed by atoms with Crippen molar-refractivity contribution in [2.24, 2.45) is 0 Å². The minimum Gasteiger partial charge on any atom is -0.507 e. The molecular formula is C35H42NOP. The largest absolute Gasteiger partial charge is 0.507 e. The van der Waals surface area contributed by atoms with Crippen LogP contribution in [0.1, 0.15) is 80.2 Å². The summed E-state index contributed by atoms with van der Waals surface area (Å²) < 4.78 is 0. The summed E-state index contributed by atoms with van der Waals surface area (Å²) in [6, 6.07) is 25.8. The second-order valence-electron chi connectivity index (χ2n) is 11.1. The van der Waals surface area contributed by atoms with Crippen molar-refractivity contribution in [1.29, 1.82) is 0 Å². The van der Waals surface area contributed by atoms with Crippen LogP contribution in [-0.2, 0) is 18.0 Å². The molecule has 5 rings (SSSR count). The molecule has 2 nitrogen and oxygen atoms in total. The van der Waals surface area contributed by atoms with E-state index in [2.05, 4.69) is 104 Å². The van der Waals surface area contributed by atoms with Crippen LogP contribution in [0.2, 0.25) is 0 Å². The van der Waals surface area contributed by atoms with Gasteiger partial charge in [-0.3, -0.25) is 0 Å². The topological polar surface area (TPSA) is 23.5 Å². The molecule has 1 saturated heterocycles. The van der Waals surface area contributed by atoms with Crippen LogP contribution in [0, 0.1) is 0 Å². The molecule has 3 aromatic carbocycles. The Morgan fingerprint density at radius 1 is 0.842 bits per heavy atom. The first-order valence-corrected chi connectivity index (χ1v) is 15.4.